The van der Waals surface area contributed by atoms with Gasteiger partial charge in [-0.3, -0.25) is 0 Å². The predicted octanol–water partition coefficient (Wildman–Crippen LogP) is 3.61. The SMILES string of the molecule is CCC(C)CN(CC)c1ccc([C@H](C)O)cc1. The van der Waals surface area contributed by atoms with Crippen LogP contribution < -0.4 is 4.90 Å². The number of benzene rings is 1. The third-order valence-corrected chi connectivity index (χ3v) is 3.35. The van der Waals surface area contributed by atoms with Crippen LogP contribution in [0.15, 0.2) is 24.3 Å². The van der Waals surface area contributed by atoms with E-state index in [1.165, 1.54) is 12.1 Å². The van der Waals surface area contributed by atoms with E-state index in [4.69, 9.17) is 0 Å². The Labute approximate surface area is 105 Å². The van der Waals surface area contributed by atoms with E-state index in [1.54, 1.807) is 6.92 Å². The summed E-state index contributed by atoms with van der Waals surface area (Å²) in [5, 5.41) is 9.48. The molecule has 0 spiro atoms. The Morgan fingerprint density at radius 2 is 1.71 bits per heavy atom. The molecule has 0 saturated heterocycles. The second-order valence-electron chi connectivity index (χ2n) is 4.82. The van der Waals surface area contributed by atoms with E-state index in [2.05, 4.69) is 37.8 Å². The fourth-order valence-electron chi connectivity index (χ4n) is 1.89. The largest absolute Gasteiger partial charge is 0.389 e. The fraction of sp³-hybridized carbons (Fsp3) is 0.600. The van der Waals surface area contributed by atoms with Crippen molar-refractivity contribution in [3.8, 4) is 0 Å². The van der Waals surface area contributed by atoms with Crippen molar-refractivity contribution in [2.24, 2.45) is 5.92 Å². The van der Waals surface area contributed by atoms with Crippen LogP contribution in [0.25, 0.3) is 0 Å². The first kappa shape index (κ1) is 14.0. The Balaban J connectivity index is 2.75. The minimum Gasteiger partial charge on any atom is -0.389 e. The van der Waals surface area contributed by atoms with E-state index in [0.717, 1.165) is 18.7 Å². The third-order valence-electron chi connectivity index (χ3n) is 3.35. The second kappa shape index (κ2) is 6.65. The van der Waals surface area contributed by atoms with E-state index in [-0.39, 0.29) is 6.10 Å². The van der Waals surface area contributed by atoms with Crippen LogP contribution in [-0.4, -0.2) is 18.2 Å². The van der Waals surface area contributed by atoms with Crippen LogP contribution in [-0.2, 0) is 0 Å². The molecule has 0 aliphatic rings. The molecule has 1 N–H and O–H groups in total. The van der Waals surface area contributed by atoms with Gasteiger partial charge in [0.1, 0.15) is 0 Å². The highest BCUT2D eigenvalue weighted by molar-refractivity contribution is 5.47. The van der Waals surface area contributed by atoms with Crippen LogP contribution in [0.5, 0.6) is 0 Å². The molecule has 2 heteroatoms. The minimum absolute atomic E-state index is 0.381. The summed E-state index contributed by atoms with van der Waals surface area (Å²) in [5.74, 6) is 0.714. The molecule has 1 aromatic rings. The van der Waals surface area contributed by atoms with Gasteiger partial charge in [-0.15, -0.1) is 0 Å². The van der Waals surface area contributed by atoms with Gasteiger partial charge in [0.05, 0.1) is 6.10 Å². The van der Waals surface area contributed by atoms with Crippen LogP contribution >= 0.6 is 0 Å². The smallest absolute Gasteiger partial charge is 0.0761 e. The molecule has 0 aliphatic carbocycles. The van der Waals surface area contributed by atoms with Gasteiger partial charge in [0, 0.05) is 18.8 Å². The molecule has 17 heavy (non-hydrogen) atoms. The van der Waals surface area contributed by atoms with Crippen molar-refractivity contribution in [1.82, 2.24) is 0 Å². The molecule has 0 aliphatic heterocycles. The number of anilines is 1. The van der Waals surface area contributed by atoms with Crippen molar-refractivity contribution in [3.05, 3.63) is 29.8 Å². The first-order chi connectivity index (χ1) is 8.08. The highest BCUT2D eigenvalue weighted by atomic mass is 16.3. The number of hydrogen-bond donors (Lipinski definition) is 1. The van der Waals surface area contributed by atoms with Gasteiger partial charge in [-0.05, 0) is 37.5 Å². The molecule has 0 bridgehead atoms. The number of aliphatic hydroxyl groups is 1. The van der Waals surface area contributed by atoms with Crippen LogP contribution in [0.2, 0.25) is 0 Å². The summed E-state index contributed by atoms with van der Waals surface area (Å²) in [6.45, 7) is 10.6. The fourth-order valence-corrected chi connectivity index (χ4v) is 1.89. The summed E-state index contributed by atoms with van der Waals surface area (Å²) in [4.78, 5) is 2.39. The topological polar surface area (TPSA) is 23.5 Å². The first-order valence-corrected chi connectivity index (χ1v) is 6.61. The van der Waals surface area contributed by atoms with Crippen molar-refractivity contribution in [2.45, 2.75) is 40.2 Å². The standard InChI is InChI=1S/C15H25NO/c1-5-12(3)11-16(6-2)15-9-7-14(8-10-15)13(4)17/h7-10,12-13,17H,5-6,11H2,1-4H3/t12?,13-/m0/s1. The molecule has 2 atom stereocenters. The predicted molar refractivity (Wildman–Crippen MR) is 74.4 cm³/mol. The Bertz CT molecular complexity index is 318. The Morgan fingerprint density at radius 3 is 2.12 bits per heavy atom. The van der Waals surface area contributed by atoms with E-state index < -0.39 is 0 Å². The lowest BCUT2D eigenvalue weighted by atomic mass is 10.1. The molecule has 1 rings (SSSR count). The van der Waals surface area contributed by atoms with Crippen molar-refractivity contribution in [2.75, 3.05) is 18.0 Å². The third kappa shape index (κ3) is 4.04. The summed E-state index contributed by atoms with van der Waals surface area (Å²) in [5.41, 5.74) is 2.23. The maximum atomic E-state index is 9.48. The van der Waals surface area contributed by atoms with Gasteiger partial charge in [-0.25, -0.2) is 0 Å². The summed E-state index contributed by atoms with van der Waals surface area (Å²) < 4.78 is 0. The zero-order chi connectivity index (χ0) is 12.8. The average molecular weight is 235 g/mol. The van der Waals surface area contributed by atoms with Gasteiger partial charge >= 0.3 is 0 Å². The van der Waals surface area contributed by atoms with E-state index in [0.29, 0.717) is 5.92 Å². The summed E-state index contributed by atoms with van der Waals surface area (Å²) >= 11 is 0. The van der Waals surface area contributed by atoms with Crippen molar-refractivity contribution in [1.29, 1.82) is 0 Å². The minimum atomic E-state index is -0.381. The van der Waals surface area contributed by atoms with Crippen molar-refractivity contribution < 1.29 is 5.11 Å². The molecule has 0 radical (unpaired) electrons. The van der Waals surface area contributed by atoms with Gasteiger partial charge in [0.2, 0.25) is 0 Å². The number of nitrogens with zero attached hydrogens (tertiary/aromatic N) is 1. The Morgan fingerprint density at radius 1 is 1.12 bits per heavy atom. The highest BCUT2D eigenvalue weighted by Gasteiger charge is 2.08. The summed E-state index contributed by atoms with van der Waals surface area (Å²) in [6, 6.07) is 8.24. The molecule has 1 unspecified atom stereocenters. The molecule has 0 fully saturated rings. The lowest BCUT2D eigenvalue weighted by Gasteiger charge is -2.26. The first-order valence-electron chi connectivity index (χ1n) is 6.61. The second-order valence-corrected chi connectivity index (χ2v) is 4.82. The molecular formula is C15H25NO. The zero-order valence-corrected chi connectivity index (χ0v) is 11.5. The highest BCUT2D eigenvalue weighted by Crippen LogP contribution is 2.20. The monoisotopic (exact) mass is 235 g/mol. The van der Waals surface area contributed by atoms with E-state index >= 15 is 0 Å². The van der Waals surface area contributed by atoms with Crippen molar-refractivity contribution >= 4 is 5.69 Å². The molecule has 2 nitrogen and oxygen atoms in total. The molecule has 0 saturated carbocycles. The van der Waals surface area contributed by atoms with Crippen LogP contribution in [0.4, 0.5) is 5.69 Å². The van der Waals surface area contributed by atoms with E-state index in [9.17, 15) is 5.11 Å². The molecule has 0 aromatic heterocycles. The van der Waals surface area contributed by atoms with Crippen LogP contribution in [0.3, 0.4) is 0 Å². The van der Waals surface area contributed by atoms with E-state index in [1.807, 2.05) is 12.1 Å². The van der Waals surface area contributed by atoms with Gasteiger partial charge in [0.15, 0.2) is 0 Å². The molecular weight excluding hydrogens is 210 g/mol. The van der Waals surface area contributed by atoms with Crippen molar-refractivity contribution in [3.63, 3.8) is 0 Å². The number of aliphatic hydroxyl groups excluding tert-OH is 1. The number of hydrogen-bond acceptors (Lipinski definition) is 2. The zero-order valence-electron chi connectivity index (χ0n) is 11.5. The summed E-state index contributed by atoms with van der Waals surface area (Å²) in [7, 11) is 0. The van der Waals surface area contributed by atoms with Gasteiger partial charge in [-0.1, -0.05) is 32.4 Å². The van der Waals surface area contributed by atoms with Crippen LogP contribution in [0, 0.1) is 5.92 Å². The maximum absolute atomic E-state index is 9.48. The lowest BCUT2D eigenvalue weighted by molar-refractivity contribution is 0.199. The normalized spacial score (nSPS) is 14.4. The molecule has 0 amide bonds. The maximum Gasteiger partial charge on any atom is 0.0761 e. The molecule has 0 heterocycles. The number of rotatable bonds is 6. The lowest BCUT2D eigenvalue weighted by Crippen LogP contribution is -2.27. The van der Waals surface area contributed by atoms with Gasteiger partial charge in [-0.2, -0.15) is 0 Å². The molecule has 1 aromatic carbocycles. The van der Waals surface area contributed by atoms with Gasteiger partial charge < -0.3 is 10.0 Å². The molecule has 96 valence electrons. The quantitative estimate of drug-likeness (QED) is 0.814. The van der Waals surface area contributed by atoms with Gasteiger partial charge in [0.25, 0.3) is 0 Å². The Hall–Kier alpha value is -1.02. The van der Waals surface area contributed by atoms with Crippen LogP contribution in [0.1, 0.15) is 45.8 Å². The average Bonchev–Trinajstić information content (AvgIpc) is 2.35. The Kier molecular flexibility index (Phi) is 5.49. The summed E-state index contributed by atoms with van der Waals surface area (Å²) in [6.07, 6.45) is 0.830.